The quantitative estimate of drug-likeness (QED) is 0.101. The molecule has 10 heterocycles. The van der Waals surface area contributed by atoms with E-state index >= 15 is 0 Å². The molecular weight excluding hydrogens is 1740 g/mol. The fraction of sp³-hybridized carbons (Fsp3) is 0.327. The summed E-state index contributed by atoms with van der Waals surface area (Å²) in [5, 5.41) is 12.5. The Morgan fingerprint density at radius 3 is 1.67 bits per heavy atom. The summed E-state index contributed by atoms with van der Waals surface area (Å²) < 4.78 is 61.2. The van der Waals surface area contributed by atoms with Crippen LogP contribution in [0.3, 0.4) is 0 Å². The van der Waals surface area contributed by atoms with Gasteiger partial charge in [-0.05, 0) is 228 Å². The van der Waals surface area contributed by atoms with Gasteiger partial charge >= 0.3 is 0 Å². The number of aryl methyl sites for hydroxylation is 5. The number of pyridine rings is 1. The summed E-state index contributed by atoms with van der Waals surface area (Å²) in [5.74, 6) is 5.08. The van der Waals surface area contributed by atoms with E-state index in [0.29, 0.717) is 122 Å². The van der Waals surface area contributed by atoms with Gasteiger partial charge < -0.3 is 58.0 Å². The van der Waals surface area contributed by atoms with Crippen molar-refractivity contribution in [3.05, 3.63) is 287 Å². The van der Waals surface area contributed by atoms with Gasteiger partial charge in [0.1, 0.15) is 60.3 Å². The van der Waals surface area contributed by atoms with Crippen LogP contribution in [-0.2, 0) is 76.6 Å². The number of carbonyl (C=O) groups excluding carboxylic acids is 5. The Labute approximate surface area is 806 Å². The molecule has 6 aliphatic heterocycles. The predicted molar refractivity (Wildman–Crippen MR) is 541 cm³/mol. The zero-order valence-electron chi connectivity index (χ0n) is 81.1. The normalized spacial score (nSPS) is 14.8. The molecule has 0 fully saturated rings. The second kappa shape index (κ2) is 44.0. The van der Waals surface area contributed by atoms with Gasteiger partial charge in [0, 0.05) is 178 Å². The van der Waals surface area contributed by atoms with Gasteiger partial charge in [0.15, 0.2) is 0 Å². The van der Waals surface area contributed by atoms with E-state index in [1.807, 2.05) is 157 Å². The van der Waals surface area contributed by atoms with E-state index in [1.54, 1.807) is 37.3 Å². The van der Waals surface area contributed by atoms with E-state index in [9.17, 15) is 32.8 Å². The summed E-state index contributed by atoms with van der Waals surface area (Å²) in [7, 11) is 5.55. The molecule has 1 N–H and O–H groups in total. The van der Waals surface area contributed by atoms with Crippen LogP contribution in [0.25, 0.3) is 83.6 Å². The molecule has 20 rings (SSSR count). The van der Waals surface area contributed by atoms with E-state index in [1.165, 1.54) is 50.2 Å². The second-order valence-electron chi connectivity index (χ2n) is 35.7. The lowest BCUT2D eigenvalue weighted by Gasteiger charge is -2.33. The number of imidazole rings is 1. The summed E-state index contributed by atoms with van der Waals surface area (Å²) in [6.45, 7) is 27.3. The molecule has 5 amide bonds. The number of H-pyrrole nitrogens is 1. The van der Waals surface area contributed by atoms with Crippen LogP contribution in [0.1, 0.15) is 149 Å². The summed E-state index contributed by atoms with van der Waals surface area (Å²) in [4.78, 5) is 79.8. The van der Waals surface area contributed by atoms with Crippen LogP contribution in [0, 0.1) is 13.8 Å². The largest absolute Gasteiger partial charge is 0.497 e. The number of nitrogens with one attached hydrogen (secondary N) is 1. The third-order valence-corrected chi connectivity index (χ3v) is 26.5. The monoisotopic (exact) mass is 1860 g/mol. The van der Waals surface area contributed by atoms with Gasteiger partial charge in [-0.15, -0.1) is 0 Å². The Balaban J connectivity index is 0.000000126. The van der Waals surface area contributed by atoms with E-state index < -0.39 is 6.43 Å². The predicted octanol–water partition coefficient (Wildman–Crippen LogP) is 22.0. The number of nitrogens with zero attached hydrogens (tertiary/aromatic N) is 12. The van der Waals surface area contributed by atoms with Crippen LogP contribution in [0.4, 0.5) is 25.8 Å². The van der Waals surface area contributed by atoms with E-state index in [0.717, 1.165) is 157 Å². The highest BCUT2D eigenvalue weighted by molar-refractivity contribution is 5.94. The van der Waals surface area contributed by atoms with Gasteiger partial charge in [0.25, 0.3) is 6.43 Å². The van der Waals surface area contributed by atoms with E-state index in [2.05, 4.69) is 179 Å². The number of ether oxygens (including phenoxy) is 5. The number of aromatic amines is 1. The molecule has 0 bridgehead atoms. The number of para-hydroxylation sites is 1. The number of carbonyl (C=O) groups is 5. The maximum atomic E-state index is 14.2. The Bertz CT molecular complexity index is 6740. The maximum absolute atomic E-state index is 14.2. The minimum Gasteiger partial charge on any atom is -0.497 e. The fourth-order valence-electron chi connectivity index (χ4n) is 19.1. The van der Waals surface area contributed by atoms with Gasteiger partial charge in [-0.3, -0.25) is 38.2 Å². The Morgan fingerprint density at radius 2 is 1.03 bits per heavy atom. The number of likely N-dealkylation sites (N-methyl/N-ethyl adjacent to an activating group) is 1. The highest BCUT2D eigenvalue weighted by Crippen LogP contribution is 2.45. The molecule has 0 saturated heterocycles. The molecule has 1 atom stereocenters. The summed E-state index contributed by atoms with van der Waals surface area (Å²) in [6.07, 6.45) is 9.79. The Morgan fingerprint density at radius 1 is 0.478 bits per heavy atom. The Hall–Kier alpha value is -14.6. The van der Waals surface area contributed by atoms with Gasteiger partial charge in [-0.1, -0.05) is 126 Å². The number of anilines is 3. The van der Waals surface area contributed by atoms with Gasteiger partial charge in [-0.2, -0.15) is 10.2 Å². The summed E-state index contributed by atoms with van der Waals surface area (Å²) in [5.41, 5.74) is 27.4. The van der Waals surface area contributed by atoms with Crippen LogP contribution in [0.5, 0.6) is 28.7 Å². The second-order valence-corrected chi connectivity index (χ2v) is 35.7. The lowest BCUT2D eigenvalue weighted by atomic mass is 9.92. The third kappa shape index (κ3) is 21.9. The first-order valence-electron chi connectivity index (χ1n) is 48.2. The van der Waals surface area contributed by atoms with Crippen molar-refractivity contribution in [2.45, 2.75) is 159 Å². The zero-order chi connectivity index (χ0) is 96.8. The van der Waals surface area contributed by atoms with Gasteiger partial charge in [0.2, 0.25) is 29.5 Å². The molecule has 6 aliphatic rings. The molecule has 14 aromatic rings. The van der Waals surface area contributed by atoms with Crippen molar-refractivity contribution < 1.29 is 56.4 Å². The first-order valence-corrected chi connectivity index (χ1v) is 48.2. The average molecular weight is 1860 g/mol. The van der Waals surface area contributed by atoms with Crippen molar-refractivity contribution in [2.75, 3.05) is 89.6 Å². The zero-order valence-corrected chi connectivity index (χ0v) is 81.1. The number of hydrogen-bond donors (Lipinski definition) is 1. The van der Waals surface area contributed by atoms with Gasteiger partial charge in [-0.25, -0.2) is 13.8 Å². The number of aromatic nitrogens is 6. The number of alkyl halides is 2. The van der Waals surface area contributed by atoms with Crippen molar-refractivity contribution in [1.29, 1.82) is 0 Å². The lowest BCUT2D eigenvalue weighted by molar-refractivity contribution is -0.132. The third-order valence-electron chi connectivity index (χ3n) is 26.5. The number of rotatable bonds is 15. The van der Waals surface area contributed by atoms with Gasteiger partial charge in [0.05, 0.1) is 62.6 Å². The van der Waals surface area contributed by atoms with Crippen molar-refractivity contribution in [3.63, 3.8) is 0 Å². The molecule has 0 radical (unpaired) electrons. The van der Waals surface area contributed by atoms with E-state index in [4.69, 9.17) is 28.7 Å². The molecule has 0 saturated carbocycles. The van der Waals surface area contributed by atoms with Crippen molar-refractivity contribution in [2.24, 2.45) is 7.05 Å². The molecule has 0 aliphatic carbocycles. The minimum absolute atomic E-state index is 0.00952. The number of halogens is 2. The van der Waals surface area contributed by atoms with Crippen molar-refractivity contribution in [3.8, 4) is 95.8 Å². The molecule has 714 valence electrons. The first kappa shape index (κ1) is 96.5. The summed E-state index contributed by atoms with van der Waals surface area (Å²) in [6, 6.07) is 69.9. The Kier molecular flexibility index (Phi) is 30.8. The minimum atomic E-state index is -2.60. The SMILES string of the molecule is CCC(=O)N1CCN(C)c2ccc(-c3ccccc3C)cc2C1.CCC(=O)N1CCOc2c(CC)cc(-c3ccccc3C)cc2C1.CCC(=O)N1CCOc2ccc(-c3cccc4cn[nH]c34)cc2C1.CCC(=O)N1CCOc2ccc(-c3cccc4nc(-c5ccc(OC)cc5)cn34)cc2C1.CCC(=O)N1Cc2cc(N3CCCc4cc(-c5cnn(C)c5)c(C(F)F)cc43)ccc2OC(C)C1. The van der Waals surface area contributed by atoms with Crippen LogP contribution in [-0.4, -0.2) is 169 Å². The lowest BCUT2D eigenvalue weighted by Crippen LogP contribution is -2.35. The first-order chi connectivity index (χ1) is 67.0. The van der Waals surface area contributed by atoms with Crippen LogP contribution >= 0.6 is 0 Å². The molecule has 25 heteroatoms. The molecule has 138 heavy (non-hydrogen) atoms. The number of benzene rings is 10. The molecule has 4 aromatic heterocycles. The summed E-state index contributed by atoms with van der Waals surface area (Å²) >= 11 is 0. The highest BCUT2D eigenvalue weighted by atomic mass is 19.3. The number of methoxy groups -OCH3 is 1. The molecule has 0 spiro atoms. The van der Waals surface area contributed by atoms with Crippen LogP contribution < -0.4 is 33.5 Å². The maximum Gasteiger partial charge on any atom is 0.264 e. The average Bonchev–Trinajstić information content (AvgIpc) is 1.27. The van der Waals surface area contributed by atoms with Crippen molar-refractivity contribution >= 4 is 63.1 Å². The number of fused-ring (bicyclic) bond motifs is 8. The van der Waals surface area contributed by atoms with Crippen molar-refractivity contribution in [1.82, 2.24) is 53.9 Å². The topological polar surface area (TPSA) is 218 Å². The van der Waals surface area contributed by atoms with Crippen LogP contribution in [0.15, 0.2) is 231 Å². The van der Waals surface area contributed by atoms with E-state index in [-0.39, 0.29) is 41.2 Å². The molecular formula is C113H123F2N13O10. The fourth-order valence-corrected chi connectivity index (χ4v) is 19.1. The molecule has 23 nitrogen and oxygen atoms in total. The number of hydrogen-bond acceptors (Lipinski definition) is 15. The highest BCUT2D eigenvalue weighted by Gasteiger charge is 2.31. The standard InChI is InChI=1S/C27H30F2N4O2.C26H25N3O3.C21H25NO2.C20H24N2O.C19H19N3O2/c1-4-26(34)32-14-17(2)35-25-8-7-21(10-19(25)16-32)33-9-5-6-18-11-22(20-13-30-31(3)15-20)23(27(28)29)12-24(18)33;1-3-26(30)28-13-14-32-24-12-9-19(15-20(24)16-28)23-5-4-6-25-27-22(17-29(23)25)18-7-10-21(31-2)11-8-18;1-4-16-12-17(19-9-7-6-8-15(19)3)13-18-14-22(20(23)5-2)10-11-24-21(16)18;1-4-20(23)22-12-11-21(3)19-10-9-16(13-17(19)14-22)18-8-6-5-7-15(18)2;1-2-18(23)22-8-9-24-17-7-6-13(10-15(17)12-22)16-5-3-4-14-11-20-21-19(14)16/h7-8,10-13,15,17,27H,4-6,9,14,16H2,1-3H3;4-12,15,17H,3,13-14,16H2,1-2H3;6-9,12-13H,4-5,10-11,14H2,1-3H3;5-10,13H,4,11-12,14H2,1-3H3;3-7,10-11H,2,8-9,12H2,1H3,(H,20,21). The number of amides is 5. The molecule has 1 unspecified atom stereocenters. The molecule has 10 aromatic carbocycles. The smallest absolute Gasteiger partial charge is 0.264 e. The van der Waals surface area contributed by atoms with Crippen LogP contribution in [0.2, 0.25) is 0 Å².